The summed E-state index contributed by atoms with van der Waals surface area (Å²) in [6, 6.07) is 0.431. The molecule has 0 bridgehead atoms. The monoisotopic (exact) mass is 258 g/mol. The fourth-order valence-corrected chi connectivity index (χ4v) is 3.97. The van der Waals surface area contributed by atoms with Crippen LogP contribution in [0.15, 0.2) is 4.99 Å². The third-order valence-electron chi connectivity index (χ3n) is 3.00. The molecule has 0 spiro atoms. The van der Waals surface area contributed by atoms with Gasteiger partial charge in [0.05, 0.1) is 12.3 Å². The molecular weight excluding hydrogens is 240 g/mol. The van der Waals surface area contributed by atoms with Crippen molar-refractivity contribution < 1.29 is 4.79 Å². The molecule has 2 heterocycles. The highest BCUT2D eigenvalue weighted by molar-refractivity contribution is 8.39. The molecule has 0 aromatic heterocycles. The highest BCUT2D eigenvalue weighted by Gasteiger charge is 2.23. The lowest BCUT2D eigenvalue weighted by Crippen LogP contribution is -2.43. The normalized spacial score (nSPS) is 25.7. The highest BCUT2D eigenvalue weighted by atomic mass is 32.2. The summed E-state index contributed by atoms with van der Waals surface area (Å²) < 4.78 is 1.10. The standard InChI is InChI=1S/C11H18N2OS2/c1-9-4-2-3-6-13(9)10(14)8-16-11-12-5-7-15-11/h9H,2-8H2,1H3. The van der Waals surface area contributed by atoms with Crippen LogP contribution in [0, 0.1) is 0 Å². The van der Waals surface area contributed by atoms with Gasteiger partial charge in [-0.05, 0) is 26.2 Å². The molecule has 0 aromatic carbocycles. The zero-order valence-corrected chi connectivity index (χ0v) is 11.3. The van der Waals surface area contributed by atoms with Crippen molar-refractivity contribution in [3.05, 3.63) is 0 Å². The molecular formula is C11H18N2OS2. The summed E-state index contributed by atoms with van der Waals surface area (Å²) >= 11 is 3.38. The number of hydrogen-bond donors (Lipinski definition) is 0. The summed E-state index contributed by atoms with van der Waals surface area (Å²) in [4.78, 5) is 18.4. The van der Waals surface area contributed by atoms with Gasteiger partial charge in [0, 0.05) is 18.3 Å². The van der Waals surface area contributed by atoms with Gasteiger partial charge in [-0.1, -0.05) is 23.5 Å². The van der Waals surface area contributed by atoms with Gasteiger partial charge < -0.3 is 4.90 Å². The molecule has 0 aliphatic carbocycles. The zero-order chi connectivity index (χ0) is 11.4. The van der Waals surface area contributed by atoms with Crippen molar-refractivity contribution in [3.63, 3.8) is 0 Å². The Morgan fingerprint density at radius 1 is 1.62 bits per heavy atom. The number of likely N-dealkylation sites (tertiary alicyclic amines) is 1. The van der Waals surface area contributed by atoms with Crippen molar-refractivity contribution in [1.29, 1.82) is 0 Å². The quantitative estimate of drug-likeness (QED) is 0.761. The van der Waals surface area contributed by atoms with E-state index in [0.29, 0.717) is 11.8 Å². The number of carbonyl (C=O) groups is 1. The van der Waals surface area contributed by atoms with Gasteiger partial charge in [-0.25, -0.2) is 0 Å². The third-order valence-corrected chi connectivity index (χ3v) is 5.24. The van der Waals surface area contributed by atoms with Gasteiger partial charge in [-0.15, -0.1) is 0 Å². The Labute approximate surface area is 105 Å². The van der Waals surface area contributed by atoms with Crippen LogP contribution in [0.2, 0.25) is 0 Å². The van der Waals surface area contributed by atoms with Crippen LogP contribution in [0.4, 0.5) is 0 Å². The first-order chi connectivity index (χ1) is 7.77. The van der Waals surface area contributed by atoms with E-state index in [1.54, 1.807) is 23.5 Å². The second kappa shape index (κ2) is 5.96. The van der Waals surface area contributed by atoms with Crippen molar-refractivity contribution >= 4 is 33.8 Å². The van der Waals surface area contributed by atoms with Crippen LogP contribution in [-0.4, -0.2) is 45.8 Å². The molecule has 0 saturated carbocycles. The predicted molar refractivity (Wildman–Crippen MR) is 72.2 cm³/mol. The van der Waals surface area contributed by atoms with Gasteiger partial charge in [0.15, 0.2) is 0 Å². The summed E-state index contributed by atoms with van der Waals surface area (Å²) in [5.41, 5.74) is 0. The number of rotatable bonds is 2. The van der Waals surface area contributed by atoms with Crippen LogP contribution in [0.5, 0.6) is 0 Å². The van der Waals surface area contributed by atoms with E-state index in [9.17, 15) is 4.79 Å². The van der Waals surface area contributed by atoms with Crippen LogP contribution < -0.4 is 0 Å². The van der Waals surface area contributed by atoms with E-state index in [1.807, 2.05) is 4.90 Å². The topological polar surface area (TPSA) is 32.7 Å². The number of nitrogens with zero attached hydrogens (tertiary/aromatic N) is 2. The van der Waals surface area contributed by atoms with E-state index in [4.69, 9.17) is 0 Å². The lowest BCUT2D eigenvalue weighted by Gasteiger charge is -2.33. The maximum Gasteiger partial charge on any atom is 0.233 e. The van der Waals surface area contributed by atoms with E-state index < -0.39 is 0 Å². The molecule has 1 saturated heterocycles. The van der Waals surface area contributed by atoms with Crippen LogP contribution in [-0.2, 0) is 4.79 Å². The average Bonchev–Trinajstić information content (AvgIpc) is 2.79. The van der Waals surface area contributed by atoms with Gasteiger partial charge in [0.2, 0.25) is 5.91 Å². The first kappa shape index (κ1) is 12.3. The summed E-state index contributed by atoms with van der Waals surface area (Å²) in [6.45, 7) is 4.02. The van der Waals surface area contributed by atoms with E-state index in [0.717, 1.165) is 36.1 Å². The van der Waals surface area contributed by atoms with E-state index >= 15 is 0 Å². The lowest BCUT2D eigenvalue weighted by atomic mass is 10.0. The van der Waals surface area contributed by atoms with Crippen molar-refractivity contribution in [1.82, 2.24) is 4.90 Å². The first-order valence-electron chi connectivity index (χ1n) is 5.87. The molecule has 1 atom stereocenters. The van der Waals surface area contributed by atoms with Crippen molar-refractivity contribution in [2.45, 2.75) is 32.2 Å². The number of thioether (sulfide) groups is 2. The van der Waals surface area contributed by atoms with Crippen molar-refractivity contribution in [2.75, 3.05) is 24.6 Å². The number of aliphatic imine (C=N–C) groups is 1. The number of piperidine rings is 1. The van der Waals surface area contributed by atoms with Gasteiger partial charge in [-0.3, -0.25) is 9.79 Å². The summed E-state index contributed by atoms with van der Waals surface area (Å²) in [5.74, 6) is 1.93. The SMILES string of the molecule is CC1CCCCN1C(=O)CSC1=NCCS1. The van der Waals surface area contributed by atoms with Gasteiger partial charge >= 0.3 is 0 Å². The van der Waals surface area contributed by atoms with Crippen LogP contribution in [0.1, 0.15) is 26.2 Å². The minimum atomic E-state index is 0.285. The number of hydrogen-bond acceptors (Lipinski definition) is 4. The van der Waals surface area contributed by atoms with E-state index in [-0.39, 0.29) is 5.91 Å². The maximum absolute atomic E-state index is 12.0. The lowest BCUT2D eigenvalue weighted by molar-refractivity contribution is -0.131. The molecule has 2 rings (SSSR count). The Bertz CT molecular complexity index is 294. The molecule has 0 aromatic rings. The Hall–Kier alpha value is -0.160. The number of carbonyl (C=O) groups excluding carboxylic acids is 1. The third kappa shape index (κ3) is 3.17. The van der Waals surface area contributed by atoms with Crippen molar-refractivity contribution in [3.8, 4) is 0 Å². The summed E-state index contributed by atoms with van der Waals surface area (Å²) in [7, 11) is 0. The van der Waals surface area contributed by atoms with Crippen LogP contribution in [0.3, 0.4) is 0 Å². The summed E-state index contributed by atoms with van der Waals surface area (Å²) in [6.07, 6.45) is 3.59. The van der Waals surface area contributed by atoms with Crippen molar-refractivity contribution in [2.24, 2.45) is 4.99 Å². The second-order valence-electron chi connectivity index (χ2n) is 4.22. The Morgan fingerprint density at radius 3 is 3.19 bits per heavy atom. The minimum Gasteiger partial charge on any atom is -0.339 e. The molecule has 5 heteroatoms. The molecule has 2 aliphatic heterocycles. The Morgan fingerprint density at radius 2 is 2.50 bits per heavy atom. The molecule has 90 valence electrons. The smallest absolute Gasteiger partial charge is 0.233 e. The first-order valence-corrected chi connectivity index (χ1v) is 7.84. The molecule has 0 radical (unpaired) electrons. The fourth-order valence-electron chi connectivity index (χ4n) is 2.08. The fraction of sp³-hybridized carbons (Fsp3) is 0.818. The second-order valence-corrected chi connectivity index (χ2v) is 6.52. The molecule has 2 aliphatic rings. The van der Waals surface area contributed by atoms with E-state index in [2.05, 4.69) is 11.9 Å². The molecule has 1 amide bonds. The largest absolute Gasteiger partial charge is 0.339 e. The molecule has 0 N–H and O–H groups in total. The molecule has 1 fully saturated rings. The van der Waals surface area contributed by atoms with Crippen LogP contribution in [0.25, 0.3) is 0 Å². The average molecular weight is 258 g/mol. The predicted octanol–water partition coefficient (Wildman–Crippen LogP) is 2.22. The Kier molecular flexibility index (Phi) is 4.58. The number of amides is 1. The van der Waals surface area contributed by atoms with Gasteiger partial charge in [0.1, 0.15) is 4.38 Å². The molecule has 16 heavy (non-hydrogen) atoms. The van der Waals surface area contributed by atoms with Gasteiger partial charge in [-0.2, -0.15) is 0 Å². The van der Waals surface area contributed by atoms with Gasteiger partial charge in [0.25, 0.3) is 0 Å². The maximum atomic E-state index is 12.0. The summed E-state index contributed by atoms with van der Waals surface area (Å²) in [5, 5.41) is 0. The highest BCUT2D eigenvalue weighted by Crippen LogP contribution is 2.23. The minimum absolute atomic E-state index is 0.285. The Balaban J connectivity index is 1.77. The molecule has 3 nitrogen and oxygen atoms in total. The van der Waals surface area contributed by atoms with Crippen LogP contribution >= 0.6 is 23.5 Å². The van der Waals surface area contributed by atoms with E-state index in [1.165, 1.54) is 6.42 Å². The zero-order valence-electron chi connectivity index (χ0n) is 9.65. The molecule has 1 unspecified atom stereocenters.